The van der Waals surface area contributed by atoms with Crippen molar-refractivity contribution in [3.8, 4) is 0 Å². The number of carbonyl (C=O) groups is 1. The van der Waals surface area contributed by atoms with Crippen LogP contribution in [0.2, 0.25) is 0 Å². The summed E-state index contributed by atoms with van der Waals surface area (Å²) in [6.45, 7) is 5.34. The summed E-state index contributed by atoms with van der Waals surface area (Å²) >= 11 is 0. The Kier molecular flexibility index (Phi) is 5.72. The first-order valence-corrected chi connectivity index (χ1v) is 4.97. The van der Waals surface area contributed by atoms with Crippen LogP contribution in [0.4, 0.5) is 0 Å². The van der Waals surface area contributed by atoms with Crippen LogP contribution in [0.5, 0.6) is 0 Å². The second-order valence-electron chi connectivity index (χ2n) is 4.36. The molecule has 0 aliphatic carbocycles. The Morgan fingerprint density at radius 1 is 1.50 bits per heavy atom. The second kappa shape index (κ2) is 5.98. The fourth-order valence-electron chi connectivity index (χ4n) is 0.853. The predicted molar refractivity (Wildman–Crippen MR) is 54.8 cm³/mol. The molecule has 0 saturated carbocycles. The molecule has 0 fully saturated rings. The van der Waals surface area contributed by atoms with E-state index in [1.54, 1.807) is 0 Å². The quantitative estimate of drug-likeness (QED) is 0.581. The van der Waals surface area contributed by atoms with Crippen molar-refractivity contribution in [2.45, 2.75) is 39.2 Å². The first-order chi connectivity index (χ1) is 6.37. The Morgan fingerprint density at radius 2 is 2.07 bits per heavy atom. The lowest BCUT2D eigenvalue weighted by atomic mass is 10.1. The van der Waals surface area contributed by atoms with Crippen LogP contribution < -0.4 is 5.32 Å². The van der Waals surface area contributed by atoms with Crippen molar-refractivity contribution in [1.82, 2.24) is 5.32 Å². The summed E-state index contributed by atoms with van der Waals surface area (Å²) in [7, 11) is 0. The van der Waals surface area contributed by atoms with E-state index in [0.29, 0.717) is 12.3 Å². The van der Waals surface area contributed by atoms with E-state index in [1.807, 2.05) is 0 Å². The van der Waals surface area contributed by atoms with Crippen molar-refractivity contribution in [1.29, 1.82) is 0 Å². The molecule has 1 unspecified atom stereocenters. The highest BCUT2D eigenvalue weighted by atomic mass is 16.3. The van der Waals surface area contributed by atoms with Crippen molar-refractivity contribution >= 4 is 5.91 Å². The van der Waals surface area contributed by atoms with Crippen molar-refractivity contribution in [3.63, 3.8) is 0 Å². The van der Waals surface area contributed by atoms with Gasteiger partial charge in [-0.05, 0) is 19.3 Å². The molecule has 0 rings (SSSR count). The van der Waals surface area contributed by atoms with Gasteiger partial charge in [-0.3, -0.25) is 4.79 Å². The molecule has 84 valence electrons. The summed E-state index contributed by atoms with van der Waals surface area (Å²) in [6, 6.07) is 0. The molecule has 0 bridgehead atoms. The number of aliphatic hydroxyl groups excluding tert-OH is 1. The van der Waals surface area contributed by atoms with Gasteiger partial charge in [-0.1, -0.05) is 13.8 Å². The molecule has 0 aliphatic rings. The monoisotopic (exact) mass is 203 g/mol. The number of carbonyl (C=O) groups excluding carboxylic acids is 1. The van der Waals surface area contributed by atoms with Gasteiger partial charge in [-0.15, -0.1) is 0 Å². The van der Waals surface area contributed by atoms with Crippen LogP contribution in [-0.2, 0) is 4.79 Å². The average molecular weight is 203 g/mol. The van der Waals surface area contributed by atoms with Crippen molar-refractivity contribution < 1.29 is 15.0 Å². The van der Waals surface area contributed by atoms with Gasteiger partial charge in [0.25, 0.3) is 0 Å². The van der Waals surface area contributed by atoms with Gasteiger partial charge in [-0.2, -0.15) is 0 Å². The maximum absolute atomic E-state index is 11.2. The molecular weight excluding hydrogens is 182 g/mol. The fourth-order valence-corrected chi connectivity index (χ4v) is 0.853. The maximum Gasteiger partial charge on any atom is 0.220 e. The highest BCUT2D eigenvalue weighted by molar-refractivity contribution is 5.75. The van der Waals surface area contributed by atoms with E-state index in [9.17, 15) is 9.90 Å². The zero-order valence-electron chi connectivity index (χ0n) is 9.21. The van der Waals surface area contributed by atoms with Crippen LogP contribution in [0, 0.1) is 5.92 Å². The van der Waals surface area contributed by atoms with Crippen molar-refractivity contribution in [2.75, 3.05) is 13.2 Å². The van der Waals surface area contributed by atoms with E-state index in [2.05, 4.69) is 19.2 Å². The Hall–Kier alpha value is -0.610. The van der Waals surface area contributed by atoms with Gasteiger partial charge in [0.05, 0.1) is 6.61 Å². The molecule has 0 spiro atoms. The van der Waals surface area contributed by atoms with Gasteiger partial charge in [0, 0.05) is 13.0 Å². The largest absolute Gasteiger partial charge is 0.393 e. The lowest BCUT2D eigenvalue weighted by Gasteiger charge is -2.20. The number of hydrogen-bond acceptors (Lipinski definition) is 3. The molecule has 0 heterocycles. The number of aliphatic hydroxyl groups is 2. The molecule has 1 atom stereocenters. The fraction of sp³-hybridized carbons (Fsp3) is 0.900. The summed E-state index contributed by atoms with van der Waals surface area (Å²) in [5.74, 6) is 0.423. The minimum atomic E-state index is -1.21. The Labute approximate surface area is 85.3 Å². The van der Waals surface area contributed by atoms with Gasteiger partial charge in [0.2, 0.25) is 5.91 Å². The van der Waals surface area contributed by atoms with Crippen LogP contribution in [0.15, 0.2) is 0 Å². The van der Waals surface area contributed by atoms with Crippen molar-refractivity contribution in [3.05, 3.63) is 0 Å². The van der Waals surface area contributed by atoms with Gasteiger partial charge >= 0.3 is 0 Å². The van der Waals surface area contributed by atoms with Gasteiger partial charge in [0.1, 0.15) is 5.60 Å². The standard InChI is InChI=1S/C10H21NO3/c1-8(2)4-5-9(13)11-6-10(3,14)7-12/h8,12,14H,4-7H2,1-3H3,(H,11,13). The number of nitrogens with one attached hydrogen (secondary N) is 1. The summed E-state index contributed by atoms with van der Waals surface area (Å²) in [4.78, 5) is 11.2. The highest BCUT2D eigenvalue weighted by Crippen LogP contribution is 2.04. The third-order valence-electron chi connectivity index (χ3n) is 1.96. The van der Waals surface area contributed by atoms with E-state index in [1.165, 1.54) is 6.92 Å². The van der Waals surface area contributed by atoms with E-state index in [4.69, 9.17) is 5.11 Å². The van der Waals surface area contributed by atoms with Crippen molar-refractivity contribution in [2.24, 2.45) is 5.92 Å². The Bertz CT molecular complexity index is 178. The van der Waals surface area contributed by atoms with Crippen LogP contribution in [0.1, 0.15) is 33.6 Å². The maximum atomic E-state index is 11.2. The lowest BCUT2D eigenvalue weighted by Crippen LogP contribution is -2.43. The van der Waals surface area contributed by atoms with Gasteiger partial charge in [-0.25, -0.2) is 0 Å². The molecule has 0 saturated heterocycles. The van der Waals surface area contributed by atoms with E-state index in [0.717, 1.165) is 6.42 Å². The molecule has 1 amide bonds. The molecule has 4 nitrogen and oxygen atoms in total. The third kappa shape index (κ3) is 6.86. The minimum absolute atomic E-state index is 0.0765. The first kappa shape index (κ1) is 13.4. The summed E-state index contributed by atoms with van der Waals surface area (Å²) < 4.78 is 0. The number of rotatable bonds is 6. The third-order valence-corrected chi connectivity index (χ3v) is 1.96. The van der Waals surface area contributed by atoms with Crippen LogP contribution in [0.3, 0.4) is 0 Å². The molecule has 0 aromatic heterocycles. The Morgan fingerprint density at radius 3 is 2.50 bits per heavy atom. The molecule has 14 heavy (non-hydrogen) atoms. The van der Waals surface area contributed by atoms with Gasteiger partial charge < -0.3 is 15.5 Å². The molecule has 0 aliphatic heterocycles. The summed E-state index contributed by atoms with van der Waals surface area (Å²) in [5.41, 5.74) is -1.21. The minimum Gasteiger partial charge on any atom is -0.393 e. The lowest BCUT2D eigenvalue weighted by molar-refractivity contribution is -0.122. The SMILES string of the molecule is CC(C)CCC(=O)NCC(C)(O)CO. The molecular formula is C10H21NO3. The number of hydrogen-bond donors (Lipinski definition) is 3. The average Bonchev–Trinajstić information content (AvgIpc) is 2.11. The topological polar surface area (TPSA) is 69.6 Å². The normalized spacial score (nSPS) is 15.3. The van der Waals surface area contributed by atoms with E-state index < -0.39 is 5.60 Å². The van der Waals surface area contributed by atoms with Gasteiger partial charge in [0.15, 0.2) is 0 Å². The second-order valence-corrected chi connectivity index (χ2v) is 4.36. The van der Waals surface area contributed by atoms with Crippen LogP contribution >= 0.6 is 0 Å². The Balaban J connectivity index is 3.64. The molecule has 0 aromatic carbocycles. The van der Waals surface area contributed by atoms with E-state index in [-0.39, 0.29) is 19.1 Å². The highest BCUT2D eigenvalue weighted by Gasteiger charge is 2.19. The first-order valence-electron chi connectivity index (χ1n) is 4.97. The molecule has 3 N–H and O–H groups in total. The smallest absolute Gasteiger partial charge is 0.220 e. The zero-order valence-corrected chi connectivity index (χ0v) is 9.21. The summed E-state index contributed by atoms with van der Waals surface area (Å²) in [6.07, 6.45) is 1.31. The molecule has 0 radical (unpaired) electrons. The predicted octanol–water partition coefficient (Wildman–Crippen LogP) is 0.282. The molecule has 4 heteroatoms. The summed E-state index contributed by atoms with van der Waals surface area (Å²) in [5, 5.41) is 20.7. The van der Waals surface area contributed by atoms with E-state index >= 15 is 0 Å². The van der Waals surface area contributed by atoms with Crippen LogP contribution in [-0.4, -0.2) is 34.9 Å². The number of amides is 1. The van der Waals surface area contributed by atoms with Crippen LogP contribution in [0.25, 0.3) is 0 Å². The zero-order chi connectivity index (χ0) is 11.2. The molecule has 0 aromatic rings.